The largest absolute Gasteiger partial charge is 0.466 e. The first-order valence-electron chi connectivity index (χ1n) is 5.31. The van der Waals surface area contributed by atoms with Gasteiger partial charge in [0.15, 0.2) is 0 Å². The molecule has 0 aliphatic rings. The summed E-state index contributed by atoms with van der Waals surface area (Å²) in [6.45, 7) is 3.63. The lowest BCUT2D eigenvalue weighted by atomic mass is 10.2. The molecular formula is C14H16O2S. The molecule has 1 aromatic rings. The van der Waals surface area contributed by atoms with Crippen LogP contribution in [0.1, 0.15) is 12.0 Å². The van der Waals surface area contributed by atoms with Crippen molar-refractivity contribution < 1.29 is 9.53 Å². The zero-order valence-corrected chi connectivity index (χ0v) is 10.7. The molecular weight excluding hydrogens is 232 g/mol. The summed E-state index contributed by atoms with van der Waals surface area (Å²) >= 11 is 1.59. The van der Waals surface area contributed by atoms with Crippen LogP contribution in [0.15, 0.2) is 54.0 Å². The molecule has 0 N–H and O–H groups in total. The van der Waals surface area contributed by atoms with E-state index in [1.54, 1.807) is 17.8 Å². The van der Waals surface area contributed by atoms with Crippen LogP contribution in [0.3, 0.4) is 0 Å². The fraction of sp³-hybridized carbons (Fsp3) is 0.214. The number of thioether (sulfide) groups is 1. The van der Waals surface area contributed by atoms with Gasteiger partial charge in [0.2, 0.25) is 0 Å². The monoisotopic (exact) mass is 248 g/mol. The van der Waals surface area contributed by atoms with Crippen LogP contribution in [0.25, 0.3) is 0 Å². The van der Waals surface area contributed by atoms with E-state index in [1.807, 2.05) is 23.6 Å². The molecule has 0 spiro atoms. The van der Waals surface area contributed by atoms with Gasteiger partial charge in [-0.3, -0.25) is 0 Å². The van der Waals surface area contributed by atoms with Crippen molar-refractivity contribution in [2.45, 2.75) is 12.2 Å². The van der Waals surface area contributed by atoms with Gasteiger partial charge in [0.05, 0.1) is 7.11 Å². The molecule has 0 bridgehead atoms. The van der Waals surface area contributed by atoms with Crippen molar-refractivity contribution in [1.82, 2.24) is 0 Å². The molecule has 0 aromatic heterocycles. The molecule has 0 unspecified atom stereocenters. The first-order valence-corrected chi connectivity index (χ1v) is 6.36. The molecule has 17 heavy (non-hydrogen) atoms. The molecule has 1 rings (SSSR count). The topological polar surface area (TPSA) is 26.3 Å². The van der Waals surface area contributed by atoms with E-state index in [1.165, 1.54) is 12.7 Å². The Morgan fingerprint density at radius 1 is 1.41 bits per heavy atom. The minimum absolute atomic E-state index is 0.287. The van der Waals surface area contributed by atoms with Crippen LogP contribution in [0.5, 0.6) is 0 Å². The Kier molecular flexibility index (Phi) is 6.18. The summed E-state index contributed by atoms with van der Waals surface area (Å²) < 4.78 is 4.70. The Bertz CT molecular complexity index is 396. The molecule has 0 saturated heterocycles. The standard InChI is InChI=1S/C14H16O2S/c1-3-7-13(14(15)16-2)11-17-10-12-8-5-4-6-9-12/h3-6,8-9,11H,1,7,10H2,2H3/b13-11-. The quantitative estimate of drug-likeness (QED) is 0.437. The van der Waals surface area contributed by atoms with E-state index >= 15 is 0 Å². The van der Waals surface area contributed by atoms with Crippen LogP contribution < -0.4 is 0 Å². The highest BCUT2D eigenvalue weighted by molar-refractivity contribution is 8.01. The molecule has 0 aliphatic heterocycles. The van der Waals surface area contributed by atoms with Crippen molar-refractivity contribution >= 4 is 17.7 Å². The number of allylic oxidation sites excluding steroid dienone is 1. The first-order chi connectivity index (χ1) is 8.27. The van der Waals surface area contributed by atoms with E-state index in [-0.39, 0.29) is 5.97 Å². The molecule has 3 heteroatoms. The second kappa shape index (κ2) is 7.74. The van der Waals surface area contributed by atoms with Crippen molar-refractivity contribution in [3.63, 3.8) is 0 Å². The fourth-order valence-corrected chi connectivity index (χ4v) is 2.14. The smallest absolute Gasteiger partial charge is 0.334 e. The molecule has 0 fully saturated rings. The Hall–Kier alpha value is -1.48. The van der Waals surface area contributed by atoms with Gasteiger partial charge in [0.1, 0.15) is 0 Å². The second-order valence-electron chi connectivity index (χ2n) is 3.42. The summed E-state index contributed by atoms with van der Waals surface area (Å²) in [4.78, 5) is 11.4. The van der Waals surface area contributed by atoms with Crippen molar-refractivity contribution in [2.24, 2.45) is 0 Å². The number of ether oxygens (including phenoxy) is 1. The number of hydrogen-bond acceptors (Lipinski definition) is 3. The van der Waals surface area contributed by atoms with Crippen LogP contribution in [-0.2, 0) is 15.3 Å². The number of methoxy groups -OCH3 is 1. The van der Waals surface area contributed by atoms with Crippen molar-refractivity contribution in [3.05, 3.63) is 59.5 Å². The number of carbonyl (C=O) groups excluding carboxylic acids is 1. The third kappa shape index (κ3) is 4.91. The van der Waals surface area contributed by atoms with Crippen LogP contribution in [0.2, 0.25) is 0 Å². The molecule has 0 atom stereocenters. The van der Waals surface area contributed by atoms with Gasteiger partial charge in [0, 0.05) is 11.3 Å². The maximum atomic E-state index is 11.4. The average molecular weight is 248 g/mol. The van der Waals surface area contributed by atoms with Crippen LogP contribution in [0.4, 0.5) is 0 Å². The van der Waals surface area contributed by atoms with Gasteiger partial charge in [0.25, 0.3) is 0 Å². The van der Waals surface area contributed by atoms with E-state index in [0.29, 0.717) is 12.0 Å². The number of benzene rings is 1. The summed E-state index contributed by atoms with van der Waals surface area (Å²) in [5, 5.41) is 1.85. The molecule has 90 valence electrons. The minimum atomic E-state index is -0.287. The molecule has 0 heterocycles. The van der Waals surface area contributed by atoms with Crippen molar-refractivity contribution in [1.29, 1.82) is 0 Å². The Labute approximate surface area is 106 Å². The lowest BCUT2D eigenvalue weighted by Crippen LogP contribution is -2.03. The maximum Gasteiger partial charge on any atom is 0.334 e. The highest BCUT2D eigenvalue weighted by Gasteiger charge is 2.06. The summed E-state index contributed by atoms with van der Waals surface area (Å²) in [5.74, 6) is 0.559. The zero-order valence-electron chi connectivity index (χ0n) is 9.89. The predicted molar refractivity (Wildman–Crippen MR) is 72.7 cm³/mol. The van der Waals surface area contributed by atoms with E-state index in [0.717, 1.165) is 5.75 Å². The van der Waals surface area contributed by atoms with Gasteiger partial charge in [-0.25, -0.2) is 4.79 Å². The van der Waals surface area contributed by atoms with Crippen LogP contribution in [-0.4, -0.2) is 13.1 Å². The zero-order chi connectivity index (χ0) is 12.5. The molecule has 0 amide bonds. The SMILES string of the molecule is C=CC/C(=C/SCc1ccccc1)C(=O)OC. The number of rotatable bonds is 6. The third-order valence-electron chi connectivity index (χ3n) is 2.13. The first kappa shape index (κ1) is 13.6. The fourth-order valence-electron chi connectivity index (χ4n) is 1.28. The lowest BCUT2D eigenvalue weighted by Gasteiger charge is -2.02. The molecule has 2 nitrogen and oxygen atoms in total. The maximum absolute atomic E-state index is 11.4. The number of esters is 1. The molecule has 1 aromatic carbocycles. The molecule has 0 radical (unpaired) electrons. The van der Waals surface area contributed by atoms with E-state index in [2.05, 4.69) is 18.7 Å². The predicted octanol–water partition coefficient (Wildman–Crippen LogP) is 3.55. The van der Waals surface area contributed by atoms with Gasteiger partial charge in [-0.15, -0.1) is 18.3 Å². The van der Waals surface area contributed by atoms with Gasteiger partial charge in [-0.1, -0.05) is 36.4 Å². The van der Waals surface area contributed by atoms with Crippen molar-refractivity contribution in [3.8, 4) is 0 Å². The van der Waals surface area contributed by atoms with Gasteiger partial charge >= 0.3 is 5.97 Å². The lowest BCUT2D eigenvalue weighted by molar-refractivity contribution is -0.136. The van der Waals surface area contributed by atoms with Gasteiger partial charge < -0.3 is 4.74 Å². The normalized spacial score (nSPS) is 11.0. The van der Waals surface area contributed by atoms with E-state index in [4.69, 9.17) is 4.74 Å². The minimum Gasteiger partial charge on any atom is -0.466 e. The summed E-state index contributed by atoms with van der Waals surface area (Å²) in [7, 11) is 1.39. The number of carbonyl (C=O) groups is 1. The highest BCUT2D eigenvalue weighted by atomic mass is 32.2. The highest BCUT2D eigenvalue weighted by Crippen LogP contribution is 2.17. The van der Waals surface area contributed by atoms with E-state index < -0.39 is 0 Å². The number of hydrogen-bond donors (Lipinski definition) is 0. The molecule has 0 aliphatic carbocycles. The van der Waals surface area contributed by atoms with Crippen molar-refractivity contribution in [2.75, 3.05) is 7.11 Å². The van der Waals surface area contributed by atoms with Gasteiger partial charge in [-0.05, 0) is 17.4 Å². The summed E-state index contributed by atoms with van der Waals surface area (Å²) in [6, 6.07) is 10.1. The Balaban J connectivity index is 2.55. The summed E-state index contributed by atoms with van der Waals surface area (Å²) in [5.41, 5.74) is 1.88. The average Bonchev–Trinajstić information content (AvgIpc) is 2.38. The summed E-state index contributed by atoms with van der Waals surface area (Å²) in [6.07, 6.45) is 2.24. The van der Waals surface area contributed by atoms with Crippen LogP contribution in [0, 0.1) is 0 Å². The Morgan fingerprint density at radius 3 is 2.71 bits per heavy atom. The molecule has 0 saturated carbocycles. The second-order valence-corrected chi connectivity index (χ2v) is 4.28. The van der Waals surface area contributed by atoms with E-state index in [9.17, 15) is 4.79 Å². The Morgan fingerprint density at radius 2 is 2.12 bits per heavy atom. The van der Waals surface area contributed by atoms with Gasteiger partial charge in [-0.2, -0.15) is 0 Å². The van der Waals surface area contributed by atoms with Crippen LogP contribution >= 0.6 is 11.8 Å². The third-order valence-corrected chi connectivity index (χ3v) is 3.08.